The van der Waals surface area contributed by atoms with Crippen molar-refractivity contribution in [2.24, 2.45) is 0 Å². The van der Waals surface area contributed by atoms with E-state index in [1.54, 1.807) is 6.07 Å². The first kappa shape index (κ1) is 11.1. The smallest absolute Gasteiger partial charge is 0.358 e. The molecule has 2 aromatic rings. The molecule has 0 amide bonds. The molecule has 7 nitrogen and oxygen atoms in total. The number of ether oxygens (including phenoxy) is 2. The summed E-state index contributed by atoms with van der Waals surface area (Å²) in [6.07, 6.45) is 2.69. The minimum absolute atomic E-state index is 0.0808. The molecule has 88 valence electrons. The Morgan fingerprint density at radius 3 is 2.82 bits per heavy atom. The zero-order chi connectivity index (χ0) is 12.3. The monoisotopic (exact) mass is 234 g/mol. The molecule has 0 bridgehead atoms. The van der Waals surface area contributed by atoms with Crippen LogP contribution < -0.4 is 4.74 Å². The Labute approximate surface area is 96.8 Å². The second kappa shape index (κ2) is 4.60. The molecule has 0 aliphatic carbocycles. The number of aryl methyl sites for hydroxylation is 1. The predicted octanol–water partition coefficient (Wildman–Crippen LogP) is 1.09. The highest BCUT2D eigenvalue weighted by Crippen LogP contribution is 2.16. The van der Waals surface area contributed by atoms with Gasteiger partial charge < -0.3 is 9.47 Å². The molecular formula is C10H10N4O3. The van der Waals surface area contributed by atoms with Crippen molar-refractivity contribution in [3.63, 3.8) is 0 Å². The normalized spacial score (nSPS) is 10.0. The maximum absolute atomic E-state index is 11.2. The van der Waals surface area contributed by atoms with Gasteiger partial charge in [0.15, 0.2) is 5.69 Å². The summed E-state index contributed by atoms with van der Waals surface area (Å²) in [7, 11) is 1.27. The van der Waals surface area contributed by atoms with E-state index < -0.39 is 5.97 Å². The van der Waals surface area contributed by atoms with Crippen LogP contribution in [0.1, 0.15) is 16.2 Å². The molecule has 2 heterocycles. The highest BCUT2D eigenvalue weighted by atomic mass is 16.5. The fourth-order valence-electron chi connectivity index (χ4n) is 1.15. The molecule has 0 radical (unpaired) electrons. The maximum Gasteiger partial charge on any atom is 0.358 e. The van der Waals surface area contributed by atoms with E-state index in [2.05, 4.69) is 24.9 Å². The quantitative estimate of drug-likeness (QED) is 0.799. The van der Waals surface area contributed by atoms with Crippen molar-refractivity contribution in [2.75, 3.05) is 7.11 Å². The van der Waals surface area contributed by atoms with Crippen molar-refractivity contribution in [3.05, 3.63) is 29.8 Å². The van der Waals surface area contributed by atoms with E-state index in [0.717, 1.165) is 5.69 Å². The molecule has 7 heteroatoms. The first-order chi connectivity index (χ1) is 8.19. The highest BCUT2D eigenvalue weighted by molar-refractivity contribution is 5.86. The first-order valence-corrected chi connectivity index (χ1v) is 4.79. The predicted molar refractivity (Wildman–Crippen MR) is 56.8 cm³/mol. The van der Waals surface area contributed by atoms with Crippen LogP contribution >= 0.6 is 0 Å². The summed E-state index contributed by atoms with van der Waals surface area (Å²) in [6.45, 7) is 1.84. The lowest BCUT2D eigenvalue weighted by molar-refractivity contribution is 0.0592. The lowest BCUT2D eigenvalue weighted by Crippen LogP contribution is -2.05. The molecule has 0 aliphatic heterocycles. The standard InChI is InChI=1S/C10H10N4O3/c1-6-3-8(14-13-6)17-9-5-11-4-7(12-9)10(15)16-2/h3-5H,1-2H3,(H,13,14). The van der Waals surface area contributed by atoms with Crippen LogP contribution in [-0.4, -0.2) is 33.2 Å². The van der Waals surface area contributed by atoms with Crippen LogP contribution in [0.3, 0.4) is 0 Å². The fourth-order valence-corrected chi connectivity index (χ4v) is 1.15. The van der Waals surface area contributed by atoms with Gasteiger partial charge in [-0.15, -0.1) is 5.10 Å². The van der Waals surface area contributed by atoms with E-state index in [1.807, 2.05) is 6.92 Å². The highest BCUT2D eigenvalue weighted by Gasteiger charge is 2.10. The molecule has 0 saturated heterocycles. The Balaban J connectivity index is 2.19. The molecule has 0 atom stereocenters. The molecule has 0 aliphatic rings. The van der Waals surface area contributed by atoms with Crippen LogP contribution in [0.4, 0.5) is 0 Å². The van der Waals surface area contributed by atoms with E-state index in [4.69, 9.17) is 4.74 Å². The van der Waals surface area contributed by atoms with Gasteiger partial charge >= 0.3 is 5.97 Å². The third-order valence-electron chi connectivity index (χ3n) is 1.90. The number of hydrogen-bond donors (Lipinski definition) is 1. The van der Waals surface area contributed by atoms with Crippen LogP contribution in [0.15, 0.2) is 18.5 Å². The summed E-state index contributed by atoms with van der Waals surface area (Å²) in [5.74, 6) is -0.0284. The summed E-state index contributed by atoms with van der Waals surface area (Å²) >= 11 is 0. The van der Waals surface area contributed by atoms with Gasteiger partial charge in [0.25, 0.3) is 0 Å². The van der Waals surface area contributed by atoms with E-state index in [1.165, 1.54) is 19.5 Å². The molecule has 0 saturated carbocycles. The van der Waals surface area contributed by atoms with Gasteiger partial charge in [0.2, 0.25) is 11.8 Å². The Morgan fingerprint density at radius 2 is 2.18 bits per heavy atom. The van der Waals surface area contributed by atoms with Crippen LogP contribution in [0, 0.1) is 6.92 Å². The molecule has 17 heavy (non-hydrogen) atoms. The molecule has 0 unspecified atom stereocenters. The van der Waals surface area contributed by atoms with E-state index >= 15 is 0 Å². The number of aromatic amines is 1. The van der Waals surface area contributed by atoms with Crippen LogP contribution in [0.2, 0.25) is 0 Å². The average Bonchev–Trinajstić information content (AvgIpc) is 2.74. The number of carbonyl (C=O) groups excluding carboxylic acids is 1. The molecular weight excluding hydrogens is 224 g/mol. The van der Waals surface area contributed by atoms with Gasteiger partial charge in [-0.1, -0.05) is 0 Å². The number of rotatable bonds is 3. The number of methoxy groups -OCH3 is 1. The van der Waals surface area contributed by atoms with Crippen molar-refractivity contribution >= 4 is 5.97 Å². The number of H-pyrrole nitrogens is 1. The number of carbonyl (C=O) groups is 1. The first-order valence-electron chi connectivity index (χ1n) is 4.79. The Hall–Kier alpha value is -2.44. The van der Waals surface area contributed by atoms with Gasteiger partial charge in [-0.2, -0.15) is 0 Å². The van der Waals surface area contributed by atoms with Crippen LogP contribution in [0.5, 0.6) is 11.8 Å². The number of hydrogen-bond acceptors (Lipinski definition) is 6. The molecule has 2 aromatic heterocycles. The zero-order valence-corrected chi connectivity index (χ0v) is 9.30. The number of nitrogens with zero attached hydrogens (tertiary/aromatic N) is 3. The number of nitrogens with one attached hydrogen (secondary N) is 1. The van der Waals surface area contributed by atoms with Gasteiger partial charge in [0.1, 0.15) is 0 Å². The minimum Gasteiger partial charge on any atom is -0.464 e. The third kappa shape index (κ3) is 2.57. The summed E-state index contributed by atoms with van der Waals surface area (Å²) in [5.41, 5.74) is 0.939. The van der Waals surface area contributed by atoms with Gasteiger partial charge in [-0.3, -0.25) is 10.1 Å². The van der Waals surface area contributed by atoms with Gasteiger partial charge in [-0.05, 0) is 6.92 Å². The van der Waals surface area contributed by atoms with Gasteiger partial charge in [0, 0.05) is 11.8 Å². The zero-order valence-electron chi connectivity index (χ0n) is 9.30. The largest absolute Gasteiger partial charge is 0.464 e. The Kier molecular flexibility index (Phi) is 2.99. The fraction of sp³-hybridized carbons (Fsp3) is 0.200. The number of aromatic nitrogens is 4. The third-order valence-corrected chi connectivity index (χ3v) is 1.90. The molecule has 0 aromatic carbocycles. The lowest BCUT2D eigenvalue weighted by atomic mass is 10.4. The SMILES string of the molecule is COC(=O)c1cncc(Oc2cc(C)[nH]n2)n1. The summed E-state index contributed by atoms with van der Waals surface area (Å²) in [4.78, 5) is 19.0. The summed E-state index contributed by atoms with van der Waals surface area (Å²) < 4.78 is 9.84. The maximum atomic E-state index is 11.2. The van der Waals surface area contributed by atoms with E-state index in [-0.39, 0.29) is 11.6 Å². The summed E-state index contributed by atoms with van der Waals surface area (Å²) in [5, 5.41) is 6.60. The topological polar surface area (TPSA) is 90.0 Å². The second-order valence-electron chi connectivity index (χ2n) is 3.23. The van der Waals surface area contributed by atoms with Crippen molar-refractivity contribution in [1.29, 1.82) is 0 Å². The van der Waals surface area contributed by atoms with Crippen molar-refractivity contribution in [2.45, 2.75) is 6.92 Å². The Morgan fingerprint density at radius 1 is 1.35 bits per heavy atom. The van der Waals surface area contributed by atoms with Crippen molar-refractivity contribution in [1.82, 2.24) is 20.2 Å². The Bertz CT molecular complexity index is 538. The van der Waals surface area contributed by atoms with Gasteiger partial charge in [0.05, 0.1) is 19.5 Å². The summed E-state index contributed by atoms with van der Waals surface area (Å²) in [6, 6.07) is 1.70. The van der Waals surface area contributed by atoms with E-state index in [0.29, 0.717) is 5.88 Å². The number of esters is 1. The average molecular weight is 234 g/mol. The van der Waals surface area contributed by atoms with Crippen LogP contribution in [-0.2, 0) is 4.74 Å². The van der Waals surface area contributed by atoms with Gasteiger partial charge in [-0.25, -0.2) is 9.78 Å². The molecule has 1 N–H and O–H groups in total. The lowest BCUT2D eigenvalue weighted by Gasteiger charge is -2.01. The van der Waals surface area contributed by atoms with Crippen molar-refractivity contribution in [3.8, 4) is 11.8 Å². The molecule has 0 fully saturated rings. The minimum atomic E-state index is -0.568. The van der Waals surface area contributed by atoms with Crippen molar-refractivity contribution < 1.29 is 14.3 Å². The van der Waals surface area contributed by atoms with E-state index in [9.17, 15) is 4.79 Å². The van der Waals surface area contributed by atoms with Crippen LogP contribution in [0.25, 0.3) is 0 Å². The molecule has 0 spiro atoms. The second-order valence-corrected chi connectivity index (χ2v) is 3.23. The molecule has 2 rings (SSSR count).